The number of hydrazone groups is 1. The number of rotatable bonds is 10. The molecule has 0 radical (unpaired) electrons. The smallest absolute Gasteiger partial charge is 0.269 e. The van der Waals surface area contributed by atoms with E-state index in [-0.39, 0.29) is 24.0 Å². The number of aryl methyl sites for hydroxylation is 2. The van der Waals surface area contributed by atoms with Crippen molar-refractivity contribution in [1.29, 1.82) is 0 Å². The standard InChI is InChI=1S/C23H23N5O5S/c1-15-10-16(2)26-23(25-15)34-14-22(29)27-24-12-18-6-9-20(21(11-18)32-3)33-13-17-4-7-19(8-5-17)28(30)31/h4-12H,13-14H2,1-3H3,(H,27,29)/b24-12-. The molecule has 1 heterocycles. The van der Waals surface area contributed by atoms with Gasteiger partial charge in [-0.1, -0.05) is 11.8 Å². The first-order valence-electron chi connectivity index (χ1n) is 10.1. The van der Waals surface area contributed by atoms with E-state index in [1.54, 1.807) is 30.3 Å². The first-order valence-corrected chi connectivity index (χ1v) is 11.1. The van der Waals surface area contributed by atoms with Gasteiger partial charge in [-0.2, -0.15) is 5.10 Å². The molecule has 0 aliphatic carbocycles. The van der Waals surface area contributed by atoms with Crippen molar-refractivity contribution in [2.45, 2.75) is 25.6 Å². The number of methoxy groups -OCH3 is 1. The third kappa shape index (κ3) is 7.27. The summed E-state index contributed by atoms with van der Waals surface area (Å²) >= 11 is 1.24. The van der Waals surface area contributed by atoms with Crippen LogP contribution < -0.4 is 14.9 Å². The van der Waals surface area contributed by atoms with E-state index in [4.69, 9.17) is 9.47 Å². The van der Waals surface area contributed by atoms with Crippen molar-refractivity contribution in [3.63, 3.8) is 0 Å². The molecule has 176 valence electrons. The van der Waals surface area contributed by atoms with Gasteiger partial charge in [-0.25, -0.2) is 15.4 Å². The Kier molecular flexibility index (Phi) is 8.52. The van der Waals surface area contributed by atoms with Gasteiger partial charge in [0.1, 0.15) is 6.61 Å². The second-order valence-electron chi connectivity index (χ2n) is 7.14. The molecule has 34 heavy (non-hydrogen) atoms. The lowest BCUT2D eigenvalue weighted by Crippen LogP contribution is -2.19. The highest BCUT2D eigenvalue weighted by Gasteiger charge is 2.09. The average molecular weight is 482 g/mol. The molecule has 1 N–H and O–H groups in total. The number of nitro benzene ring substituents is 1. The molecular weight excluding hydrogens is 458 g/mol. The van der Waals surface area contributed by atoms with Gasteiger partial charge in [0.2, 0.25) is 0 Å². The third-order valence-electron chi connectivity index (χ3n) is 4.43. The fourth-order valence-corrected chi connectivity index (χ4v) is 3.60. The molecule has 3 rings (SSSR count). The Morgan fingerprint density at radius 1 is 1.12 bits per heavy atom. The summed E-state index contributed by atoms with van der Waals surface area (Å²) in [4.78, 5) is 30.9. The van der Waals surface area contributed by atoms with Gasteiger partial charge >= 0.3 is 0 Å². The van der Waals surface area contributed by atoms with Gasteiger partial charge in [0, 0.05) is 23.5 Å². The van der Waals surface area contributed by atoms with Crippen LogP contribution in [0.15, 0.2) is 58.8 Å². The van der Waals surface area contributed by atoms with Crippen molar-refractivity contribution in [2.75, 3.05) is 12.9 Å². The quantitative estimate of drug-likeness (QED) is 0.152. The number of thioether (sulfide) groups is 1. The molecule has 11 heteroatoms. The summed E-state index contributed by atoms with van der Waals surface area (Å²) in [5.41, 5.74) is 5.68. The minimum atomic E-state index is -0.450. The minimum absolute atomic E-state index is 0.0225. The summed E-state index contributed by atoms with van der Waals surface area (Å²) in [6.07, 6.45) is 1.50. The van der Waals surface area contributed by atoms with Gasteiger partial charge in [-0.05, 0) is 61.4 Å². The Hall–Kier alpha value is -3.99. The molecule has 1 amide bonds. The highest BCUT2D eigenvalue weighted by Crippen LogP contribution is 2.28. The molecule has 0 bridgehead atoms. The van der Waals surface area contributed by atoms with Crippen LogP contribution in [0.5, 0.6) is 11.5 Å². The van der Waals surface area contributed by atoms with E-state index in [9.17, 15) is 14.9 Å². The Bertz CT molecular complexity index is 1180. The molecule has 0 aliphatic heterocycles. The largest absolute Gasteiger partial charge is 0.493 e. The van der Waals surface area contributed by atoms with Gasteiger partial charge in [-0.15, -0.1) is 0 Å². The van der Waals surface area contributed by atoms with Crippen molar-refractivity contribution in [3.8, 4) is 11.5 Å². The van der Waals surface area contributed by atoms with Crippen LogP contribution in [0.1, 0.15) is 22.5 Å². The number of carbonyl (C=O) groups excluding carboxylic acids is 1. The average Bonchev–Trinajstić information content (AvgIpc) is 2.81. The Morgan fingerprint density at radius 3 is 2.47 bits per heavy atom. The van der Waals surface area contributed by atoms with Crippen molar-refractivity contribution in [1.82, 2.24) is 15.4 Å². The number of nitrogens with one attached hydrogen (secondary N) is 1. The molecule has 0 saturated heterocycles. The van der Waals surface area contributed by atoms with Crippen LogP contribution in [-0.4, -0.2) is 39.9 Å². The molecule has 0 spiro atoms. The van der Waals surface area contributed by atoms with Crippen LogP contribution in [0.3, 0.4) is 0 Å². The topological polar surface area (TPSA) is 129 Å². The lowest BCUT2D eigenvalue weighted by Gasteiger charge is -2.11. The number of ether oxygens (including phenoxy) is 2. The van der Waals surface area contributed by atoms with Gasteiger partial charge in [0.25, 0.3) is 11.6 Å². The number of benzene rings is 2. The first kappa shape index (κ1) is 24.6. The number of nitro groups is 1. The van der Waals surface area contributed by atoms with Crippen molar-refractivity contribution in [2.24, 2.45) is 5.10 Å². The van der Waals surface area contributed by atoms with Crippen LogP contribution >= 0.6 is 11.8 Å². The van der Waals surface area contributed by atoms with Gasteiger partial charge < -0.3 is 9.47 Å². The van der Waals surface area contributed by atoms with Crippen LogP contribution in [0, 0.1) is 24.0 Å². The fraction of sp³-hybridized carbons (Fsp3) is 0.217. The Morgan fingerprint density at radius 2 is 1.82 bits per heavy atom. The summed E-state index contributed by atoms with van der Waals surface area (Å²) in [7, 11) is 1.52. The molecule has 2 aromatic carbocycles. The fourth-order valence-electron chi connectivity index (χ4n) is 2.86. The monoisotopic (exact) mass is 481 g/mol. The second-order valence-corrected chi connectivity index (χ2v) is 8.08. The van der Waals surface area contributed by atoms with Crippen molar-refractivity contribution >= 4 is 29.6 Å². The van der Waals surface area contributed by atoms with E-state index >= 15 is 0 Å². The molecule has 0 unspecified atom stereocenters. The molecular formula is C23H23N5O5S. The second kappa shape index (κ2) is 11.8. The summed E-state index contributed by atoms with van der Waals surface area (Å²) in [5.74, 6) is 0.851. The summed E-state index contributed by atoms with van der Waals surface area (Å²) in [6.45, 7) is 3.98. The van der Waals surface area contributed by atoms with E-state index in [2.05, 4.69) is 20.5 Å². The summed E-state index contributed by atoms with van der Waals surface area (Å²) < 4.78 is 11.2. The maximum atomic E-state index is 12.0. The van der Waals surface area contributed by atoms with Crippen molar-refractivity contribution in [3.05, 3.63) is 81.2 Å². The van der Waals surface area contributed by atoms with Gasteiger partial charge in [0.05, 0.1) is 24.0 Å². The molecule has 0 atom stereocenters. The van der Waals surface area contributed by atoms with Crippen LogP contribution in [-0.2, 0) is 11.4 Å². The Labute approximate surface area is 200 Å². The van der Waals surface area contributed by atoms with Gasteiger partial charge in [0.15, 0.2) is 16.7 Å². The number of hydrogen-bond acceptors (Lipinski definition) is 9. The Balaban J connectivity index is 1.52. The number of non-ortho nitro benzene ring substituents is 1. The highest BCUT2D eigenvalue weighted by atomic mass is 32.2. The summed E-state index contributed by atoms with van der Waals surface area (Å²) in [6, 6.07) is 13.2. The van der Waals surface area contributed by atoms with E-state index in [1.807, 2.05) is 19.9 Å². The molecule has 3 aromatic rings. The van der Waals surface area contributed by atoms with E-state index in [0.29, 0.717) is 22.2 Å². The SMILES string of the molecule is COc1cc(/C=N\NC(=O)CSc2nc(C)cc(C)n2)ccc1OCc1ccc([N+](=O)[O-])cc1. The minimum Gasteiger partial charge on any atom is -0.493 e. The zero-order valence-electron chi connectivity index (χ0n) is 18.8. The van der Waals surface area contributed by atoms with Crippen LogP contribution in [0.2, 0.25) is 0 Å². The number of hydrogen-bond donors (Lipinski definition) is 1. The number of amides is 1. The number of nitrogens with zero attached hydrogens (tertiary/aromatic N) is 4. The first-order chi connectivity index (χ1) is 16.3. The zero-order valence-corrected chi connectivity index (χ0v) is 19.7. The van der Waals surface area contributed by atoms with Crippen LogP contribution in [0.25, 0.3) is 0 Å². The van der Waals surface area contributed by atoms with E-state index in [0.717, 1.165) is 17.0 Å². The highest BCUT2D eigenvalue weighted by molar-refractivity contribution is 7.99. The molecule has 0 fully saturated rings. The van der Waals surface area contributed by atoms with E-state index in [1.165, 1.54) is 37.2 Å². The van der Waals surface area contributed by atoms with Gasteiger partial charge in [-0.3, -0.25) is 14.9 Å². The maximum Gasteiger partial charge on any atom is 0.269 e. The normalized spacial score (nSPS) is 10.8. The predicted octanol–water partition coefficient (Wildman–Crippen LogP) is 3.83. The maximum absolute atomic E-state index is 12.0. The number of carbonyl (C=O) groups is 1. The predicted molar refractivity (Wildman–Crippen MR) is 128 cm³/mol. The molecule has 1 aromatic heterocycles. The molecule has 0 aliphatic rings. The lowest BCUT2D eigenvalue weighted by atomic mass is 10.2. The lowest BCUT2D eigenvalue weighted by molar-refractivity contribution is -0.384. The zero-order chi connectivity index (χ0) is 24.5. The van der Waals surface area contributed by atoms with E-state index < -0.39 is 4.92 Å². The third-order valence-corrected chi connectivity index (χ3v) is 5.27. The van der Waals surface area contributed by atoms with Crippen molar-refractivity contribution < 1.29 is 19.2 Å². The summed E-state index contributed by atoms with van der Waals surface area (Å²) in [5, 5.41) is 15.3. The molecule has 0 saturated carbocycles. The number of aromatic nitrogens is 2. The van der Waals surface area contributed by atoms with Crippen LogP contribution in [0.4, 0.5) is 5.69 Å². The molecule has 10 nitrogen and oxygen atoms in total.